The van der Waals surface area contributed by atoms with Gasteiger partial charge in [-0.3, -0.25) is 0 Å². The third-order valence-corrected chi connectivity index (χ3v) is 0.904. The van der Waals surface area contributed by atoms with Gasteiger partial charge in [0.2, 0.25) is 0 Å². The van der Waals surface area contributed by atoms with Gasteiger partial charge in [0.25, 0.3) is 0 Å². The van der Waals surface area contributed by atoms with E-state index in [1.54, 1.807) is 0 Å². The molecule has 3 heteroatoms. The second-order valence-electron chi connectivity index (χ2n) is 1.56. The summed E-state index contributed by atoms with van der Waals surface area (Å²) >= 11 is 0. The summed E-state index contributed by atoms with van der Waals surface area (Å²) in [6, 6.07) is -0.514. The van der Waals surface area contributed by atoms with Crippen molar-refractivity contribution in [2.45, 2.75) is 12.1 Å². The first kappa shape index (κ1) is 7.62. The molecule has 0 aliphatic heterocycles. The molecule has 0 spiro atoms. The zero-order chi connectivity index (χ0) is 6.57. The minimum Gasteiger partial charge on any atom is -0.394 e. The van der Waals surface area contributed by atoms with Crippen LogP contribution in [0.3, 0.4) is 0 Å². The molecule has 48 valence electrons. The van der Waals surface area contributed by atoms with Crippen molar-refractivity contribution in [2.75, 3.05) is 6.61 Å². The molecule has 0 aromatic heterocycles. The smallest absolute Gasteiger partial charge is 0.0956 e. The Labute approximate surface area is 48.4 Å². The molecule has 0 heterocycles. The van der Waals surface area contributed by atoms with Crippen LogP contribution >= 0.6 is 0 Å². The summed E-state index contributed by atoms with van der Waals surface area (Å²) in [5.41, 5.74) is 5.20. The molecule has 2 unspecified atom stereocenters. The van der Waals surface area contributed by atoms with Crippen molar-refractivity contribution >= 4 is 0 Å². The second-order valence-corrected chi connectivity index (χ2v) is 1.56. The highest BCUT2D eigenvalue weighted by molar-refractivity contribution is 4.87. The maximum atomic E-state index is 8.68. The van der Waals surface area contributed by atoms with Crippen molar-refractivity contribution in [3.8, 4) is 0 Å². The van der Waals surface area contributed by atoms with Gasteiger partial charge in [0.15, 0.2) is 0 Å². The summed E-state index contributed by atoms with van der Waals surface area (Å²) in [6.45, 7) is 3.02. The normalized spacial score (nSPS) is 17.4. The standard InChI is InChI=1S/C5H11NO2/c1-2-4(6)5(8)3-7/h2,4-5,7-8H,1,3,6H2. The maximum absolute atomic E-state index is 8.68. The minimum absolute atomic E-state index is 0.312. The van der Waals surface area contributed by atoms with Crippen LogP contribution in [0.15, 0.2) is 12.7 Å². The van der Waals surface area contributed by atoms with Crippen molar-refractivity contribution in [2.24, 2.45) is 5.73 Å². The Balaban J connectivity index is 3.44. The quantitative estimate of drug-likeness (QED) is 0.409. The van der Waals surface area contributed by atoms with Gasteiger partial charge in [-0.15, -0.1) is 6.58 Å². The van der Waals surface area contributed by atoms with Gasteiger partial charge >= 0.3 is 0 Å². The van der Waals surface area contributed by atoms with Crippen molar-refractivity contribution < 1.29 is 10.2 Å². The number of rotatable bonds is 3. The zero-order valence-corrected chi connectivity index (χ0v) is 4.62. The SMILES string of the molecule is C=CC(N)C(O)CO. The summed E-state index contributed by atoms with van der Waals surface area (Å²) in [7, 11) is 0. The minimum atomic E-state index is -0.868. The Morgan fingerprint density at radius 3 is 2.38 bits per heavy atom. The van der Waals surface area contributed by atoms with E-state index in [1.165, 1.54) is 6.08 Å². The first-order valence-electron chi connectivity index (χ1n) is 2.39. The Morgan fingerprint density at radius 2 is 2.25 bits per heavy atom. The van der Waals surface area contributed by atoms with Gasteiger partial charge in [-0.25, -0.2) is 0 Å². The number of nitrogens with two attached hydrogens (primary N) is 1. The Kier molecular flexibility index (Phi) is 3.43. The van der Waals surface area contributed by atoms with Crippen LogP contribution in [0.2, 0.25) is 0 Å². The number of hydrogen-bond donors (Lipinski definition) is 3. The summed E-state index contributed by atoms with van der Waals surface area (Å²) in [5.74, 6) is 0. The maximum Gasteiger partial charge on any atom is 0.0956 e. The van der Waals surface area contributed by atoms with Gasteiger partial charge in [-0.1, -0.05) is 6.08 Å². The lowest BCUT2D eigenvalue weighted by Crippen LogP contribution is -2.34. The summed E-state index contributed by atoms with van der Waals surface area (Å²) in [5, 5.41) is 16.9. The van der Waals surface area contributed by atoms with E-state index in [0.717, 1.165) is 0 Å². The molecule has 8 heavy (non-hydrogen) atoms. The van der Waals surface area contributed by atoms with Gasteiger partial charge in [0, 0.05) is 0 Å². The average molecular weight is 117 g/mol. The van der Waals surface area contributed by atoms with Gasteiger partial charge < -0.3 is 15.9 Å². The van der Waals surface area contributed by atoms with Crippen LogP contribution in [0, 0.1) is 0 Å². The van der Waals surface area contributed by atoms with E-state index in [2.05, 4.69) is 6.58 Å². The first-order chi connectivity index (χ1) is 3.72. The molecule has 4 N–H and O–H groups in total. The molecule has 0 rings (SSSR count). The van der Waals surface area contributed by atoms with E-state index in [-0.39, 0.29) is 6.61 Å². The van der Waals surface area contributed by atoms with Crippen LogP contribution in [-0.2, 0) is 0 Å². The molecule has 0 saturated carbocycles. The van der Waals surface area contributed by atoms with E-state index >= 15 is 0 Å². The van der Waals surface area contributed by atoms with Gasteiger partial charge in [0.1, 0.15) is 0 Å². The number of aliphatic hydroxyl groups is 2. The van der Waals surface area contributed by atoms with Crippen molar-refractivity contribution in [3.63, 3.8) is 0 Å². The molecule has 0 bridgehead atoms. The molecule has 0 aromatic carbocycles. The molecule has 0 saturated heterocycles. The lowest BCUT2D eigenvalue weighted by molar-refractivity contribution is 0.0856. The third kappa shape index (κ3) is 2.07. The van der Waals surface area contributed by atoms with E-state index in [0.29, 0.717) is 0 Å². The highest BCUT2D eigenvalue weighted by atomic mass is 16.3. The molecule has 0 fully saturated rings. The average Bonchev–Trinajstić information content (AvgIpc) is 1.84. The number of hydrogen-bond acceptors (Lipinski definition) is 3. The van der Waals surface area contributed by atoms with Crippen molar-refractivity contribution in [1.82, 2.24) is 0 Å². The molecule has 0 radical (unpaired) electrons. The predicted molar refractivity (Wildman–Crippen MR) is 31.3 cm³/mol. The Morgan fingerprint density at radius 1 is 1.75 bits per heavy atom. The fourth-order valence-corrected chi connectivity index (χ4v) is 0.279. The van der Waals surface area contributed by atoms with Crippen LogP contribution in [-0.4, -0.2) is 29.0 Å². The second kappa shape index (κ2) is 3.60. The summed E-state index contributed by atoms with van der Waals surface area (Å²) < 4.78 is 0. The molecule has 0 amide bonds. The van der Waals surface area contributed by atoms with Crippen molar-refractivity contribution in [1.29, 1.82) is 0 Å². The molecule has 0 aliphatic carbocycles. The molecular weight excluding hydrogens is 106 g/mol. The molecule has 2 atom stereocenters. The lowest BCUT2D eigenvalue weighted by atomic mass is 10.2. The summed E-state index contributed by atoms with van der Waals surface area (Å²) in [4.78, 5) is 0. The van der Waals surface area contributed by atoms with Crippen LogP contribution in [0.25, 0.3) is 0 Å². The monoisotopic (exact) mass is 117 g/mol. The Bertz CT molecular complexity index is 74.8. The van der Waals surface area contributed by atoms with Crippen LogP contribution in [0.1, 0.15) is 0 Å². The summed E-state index contributed by atoms with van der Waals surface area (Å²) in [6.07, 6.45) is 0.522. The molecule has 0 aliphatic rings. The fraction of sp³-hybridized carbons (Fsp3) is 0.600. The third-order valence-electron chi connectivity index (χ3n) is 0.904. The predicted octanol–water partition coefficient (Wildman–Crippen LogP) is -1.15. The Hall–Kier alpha value is -0.380. The van der Waals surface area contributed by atoms with Gasteiger partial charge in [-0.05, 0) is 0 Å². The molecular formula is C5H11NO2. The van der Waals surface area contributed by atoms with Crippen LogP contribution in [0.4, 0.5) is 0 Å². The fourth-order valence-electron chi connectivity index (χ4n) is 0.279. The van der Waals surface area contributed by atoms with Crippen LogP contribution in [0.5, 0.6) is 0 Å². The van der Waals surface area contributed by atoms with Crippen LogP contribution < -0.4 is 5.73 Å². The largest absolute Gasteiger partial charge is 0.394 e. The molecule has 3 nitrogen and oxygen atoms in total. The highest BCUT2D eigenvalue weighted by Gasteiger charge is 2.07. The van der Waals surface area contributed by atoms with Gasteiger partial charge in [-0.2, -0.15) is 0 Å². The number of aliphatic hydroxyl groups excluding tert-OH is 2. The first-order valence-corrected chi connectivity index (χ1v) is 2.39. The van der Waals surface area contributed by atoms with E-state index in [9.17, 15) is 0 Å². The van der Waals surface area contributed by atoms with E-state index in [4.69, 9.17) is 15.9 Å². The highest BCUT2D eigenvalue weighted by Crippen LogP contribution is 1.87. The molecule has 0 aromatic rings. The van der Waals surface area contributed by atoms with Gasteiger partial charge in [0.05, 0.1) is 18.8 Å². The van der Waals surface area contributed by atoms with E-state index < -0.39 is 12.1 Å². The zero-order valence-electron chi connectivity index (χ0n) is 4.62. The lowest BCUT2D eigenvalue weighted by Gasteiger charge is -2.10. The van der Waals surface area contributed by atoms with Crippen molar-refractivity contribution in [3.05, 3.63) is 12.7 Å². The topological polar surface area (TPSA) is 66.5 Å². The van der Waals surface area contributed by atoms with E-state index in [1.807, 2.05) is 0 Å².